The number of hydrogen-bond donors (Lipinski definition) is 2. The molecule has 29 heavy (non-hydrogen) atoms. The van der Waals surface area contributed by atoms with Crippen molar-refractivity contribution in [3.05, 3.63) is 39.5 Å². The fraction of sp³-hybridized carbons (Fsp3) is 0.350. The zero-order valence-electron chi connectivity index (χ0n) is 16.2. The van der Waals surface area contributed by atoms with Gasteiger partial charge in [-0.25, -0.2) is 14.8 Å². The van der Waals surface area contributed by atoms with Gasteiger partial charge in [-0.1, -0.05) is 54.5 Å². The molecule has 1 aromatic carbocycles. The van der Waals surface area contributed by atoms with Crippen LogP contribution >= 0.6 is 46.3 Å². The number of rotatable bonds is 7. The van der Waals surface area contributed by atoms with E-state index in [1.807, 2.05) is 6.07 Å². The maximum atomic E-state index is 11.9. The van der Waals surface area contributed by atoms with Crippen LogP contribution in [0.25, 0.3) is 11.3 Å². The van der Waals surface area contributed by atoms with E-state index in [0.717, 1.165) is 28.3 Å². The van der Waals surface area contributed by atoms with Crippen LogP contribution in [0.4, 0.5) is 5.13 Å². The quantitative estimate of drug-likeness (QED) is 0.360. The lowest BCUT2D eigenvalue weighted by atomic mass is 10.0. The second-order valence-electron chi connectivity index (χ2n) is 7.06. The number of carboxylic acids is 1. The molecule has 1 aromatic heterocycles. The van der Waals surface area contributed by atoms with Crippen LogP contribution in [0.5, 0.6) is 0 Å². The maximum Gasteiger partial charge on any atom is 0.354 e. The van der Waals surface area contributed by atoms with E-state index in [0.29, 0.717) is 31.7 Å². The number of carbonyl (C=O) groups is 1. The summed E-state index contributed by atoms with van der Waals surface area (Å²) >= 11 is 15.2. The van der Waals surface area contributed by atoms with Crippen LogP contribution in [-0.2, 0) is 4.79 Å². The number of thioether (sulfide) groups is 1. The zero-order chi connectivity index (χ0) is 21.3. The smallest absolute Gasteiger partial charge is 0.354 e. The number of aromatic nitrogens is 1. The average Bonchev–Trinajstić information content (AvgIpc) is 3.37. The number of hydrogen-bond acceptors (Lipinski definition) is 6. The first-order valence-corrected chi connectivity index (χ1v) is 11.5. The molecular formula is C20H21Cl2N3O2S2. The van der Waals surface area contributed by atoms with Gasteiger partial charge in [0, 0.05) is 22.1 Å². The predicted octanol–water partition coefficient (Wildman–Crippen LogP) is 6.42. The van der Waals surface area contributed by atoms with Crippen LogP contribution in [0.3, 0.4) is 0 Å². The first-order valence-electron chi connectivity index (χ1n) is 9.08. The molecule has 0 atom stereocenters. The zero-order valence-corrected chi connectivity index (χ0v) is 19.3. The summed E-state index contributed by atoms with van der Waals surface area (Å²) in [6.07, 6.45) is 1.86. The van der Waals surface area contributed by atoms with Crippen LogP contribution < -0.4 is 5.73 Å². The second-order valence-corrected chi connectivity index (χ2v) is 10.7. The molecule has 1 aliphatic carbocycles. The Bertz CT molecular complexity index is 1010. The van der Waals surface area contributed by atoms with Gasteiger partial charge in [0.15, 0.2) is 5.71 Å². The number of benzene rings is 1. The fourth-order valence-electron chi connectivity index (χ4n) is 2.86. The van der Waals surface area contributed by atoms with Gasteiger partial charge in [0.1, 0.15) is 0 Å². The maximum absolute atomic E-state index is 11.9. The summed E-state index contributed by atoms with van der Waals surface area (Å²) in [5.74, 6) is -0.935. The molecule has 0 spiro atoms. The second kappa shape index (κ2) is 9.08. The molecule has 0 saturated heterocycles. The summed E-state index contributed by atoms with van der Waals surface area (Å²) in [6.45, 7) is 5.88. The Morgan fingerprint density at radius 2 is 2.03 bits per heavy atom. The fourth-order valence-corrected chi connectivity index (χ4v) is 5.55. The highest BCUT2D eigenvalue weighted by molar-refractivity contribution is 8.01. The number of aliphatic imine (C=N–C) groups is 1. The number of thiazole rings is 1. The molecule has 3 rings (SSSR count). The van der Waals surface area contributed by atoms with Gasteiger partial charge in [0.05, 0.1) is 19.9 Å². The van der Waals surface area contributed by atoms with E-state index in [2.05, 4.69) is 23.8 Å². The van der Waals surface area contributed by atoms with E-state index in [1.54, 1.807) is 30.8 Å². The standard InChI is InChI=1S/C20H21Cl2N3O2S2/c1-9(2)28-19-16(12-6-7-13(21)14(22)8-12)24-20(29-19)25-17(18(26)27)15(10(3)23)11-4-5-11/h6-9,11H,4-5,23H2,1-3H3,(H,26,27). The molecule has 154 valence electrons. The highest BCUT2D eigenvalue weighted by Crippen LogP contribution is 2.43. The van der Waals surface area contributed by atoms with Crippen molar-refractivity contribution in [3.63, 3.8) is 0 Å². The Labute approximate surface area is 188 Å². The van der Waals surface area contributed by atoms with Gasteiger partial charge in [0.2, 0.25) is 5.13 Å². The number of aliphatic carboxylic acids is 1. The summed E-state index contributed by atoms with van der Waals surface area (Å²) in [6, 6.07) is 5.33. The summed E-state index contributed by atoms with van der Waals surface area (Å²) in [5, 5.41) is 11.4. The highest BCUT2D eigenvalue weighted by Gasteiger charge is 2.33. The van der Waals surface area contributed by atoms with Crippen molar-refractivity contribution < 1.29 is 9.90 Å². The van der Waals surface area contributed by atoms with Crippen LogP contribution in [-0.4, -0.2) is 27.0 Å². The molecule has 3 N–H and O–H groups in total. The topological polar surface area (TPSA) is 88.6 Å². The third kappa shape index (κ3) is 5.34. The largest absolute Gasteiger partial charge is 0.476 e. The summed E-state index contributed by atoms with van der Waals surface area (Å²) < 4.78 is 0.947. The minimum atomic E-state index is -1.10. The third-order valence-corrected chi connectivity index (χ3v) is 7.10. The first-order chi connectivity index (χ1) is 13.7. The Morgan fingerprint density at radius 3 is 2.55 bits per heavy atom. The van der Waals surface area contributed by atoms with Gasteiger partial charge in [0.25, 0.3) is 0 Å². The molecule has 1 aliphatic rings. The SMILES string of the molecule is CC(N)=C(C(=Nc1nc(-c2ccc(Cl)c(Cl)c2)c(SC(C)C)s1)C(=O)O)C1CC1. The summed E-state index contributed by atoms with van der Waals surface area (Å²) in [4.78, 5) is 21.0. The average molecular weight is 470 g/mol. The molecule has 9 heteroatoms. The predicted molar refractivity (Wildman–Crippen MR) is 123 cm³/mol. The van der Waals surface area contributed by atoms with Crippen molar-refractivity contribution >= 4 is 63.1 Å². The van der Waals surface area contributed by atoms with Crippen molar-refractivity contribution in [3.8, 4) is 11.3 Å². The molecule has 0 unspecified atom stereocenters. The number of allylic oxidation sites excluding steroid dienone is 1. The highest BCUT2D eigenvalue weighted by atomic mass is 35.5. The molecule has 0 amide bonds. The molecule has 5 nitrogen and oxygen atoms in total. The molecule has 1 saturated carbocycles. The number of nitrogens with zero attached hydrogens (tertiary/aromatic N) is 2. The van der Waals surface area contributed by atoms with Gasteiger partial charge < -0.3 is 10.8 Å². The molecule has 0 radical (unpaired) electrons. The van der Waals surface area contributed by atoms with Gasteiger partial charge in [-0.3, -0.25) is 0 Å². The Morgan fingerprint density at radius 1 is 1.34 bits per heavy atom. The molecule has 0 bridgehead atoms. The van der Waals surface area contributed by atoms with Gasteiger partial charge in [-0.05, 0) is 37.8 Å². The normalized spacial score (nSPS) is 15.6. The molecule has 2 aromatic rings. The van der Waals surface area contributed by atoms with Crippen LogP contribution in [0.15, 0.2) is 38.7 Å². The van der Waals surface area contributed by atoms with E-state index in [1.165, 1.54) is 11.3 Å². The molecule has 1 fully saturated rings. The van der Waals surface area contributed by atoms with Crippen molar-refractivity contribution in [1.82, 2.24) is 4.98 Å². The van der Waals surface area contributed by atoms with E-state index in [4.69, 9.17) is 28.9 Å². The number of halogens is 2. The lowest BCUT2D eigenvalue weighted by Crippen LogP contribution is -2.20. The molecule has 1 heterocycles. The van der Waals surface area contributed by atoms with E-state index >= 15 is 0 Å². The van der Waals surface area contributed by atoms with E-state index < -0.39 is 5.97 Å². The van der Waals surface area contributed by atoms with Crippen molar-refractivity contribution in [1.29, 1.82) is 0 Å². The Hall–Kier alpha value is -1.54. The monoisotopic (exact) mass is 469 g/mol. The number of nitrogens with two attached hydrogens (primary N) is 1. The summed E-state index contributed by atoms with van der Waals surface area (Å²) in [7, 11) is 0. The van der Waals surface area contributed by atoms with Crippen LogP contribution in [0, 0.1) is 5.92 Å². The van der Waals surface area contributed by atoms with Crippen molar-refractivity contribution in [2.24, 2.45) is 16.6 Å². The molecular weight excluding hydrogens is 449 g/mol. The summed E-state index contributed by atoms with van der Waals surface area (Å²) in [5.41, 5.74) is 8.59. The number of carboxylic acid groups (broad SMARTS) is 1. The Balaban J connectivity index is 2.10. The minimum absolute atomic E-state index is 0.0250. The molecule has 0 aliphatic heterocycles. The van der Waals surface area contributed by atoms with Crippen LogP contribution in [0.1, 0.15) is 33.6 Å². The lowest BCUT2D eigenvalue weighted by molar-refractivity contribution is -0.129. The van der Waals surface area contributed by atoms with Crippen molar-refractivity contribution in [2.45, 2.75) is 43.1 Å². The van der Waals surface area contributed by atoms with Crippen molar-refractivity contribution in [2.75, 3.05) is 0 Å². The third-order valence-electron chi connectivity index (χ3n) is 4.20. The Kier molecular flexibility index (Phi) is 6.94. The van der Waals surface area contributed by atoms with E-state index in [9.17, 15) is 9.90 Å². The van der Waals surface area contributed by atoms with Gasteiger partial charge in [-0.15, -0.1) is 11.8 Å². The van der Waals surface area contributed by atoms with Gasteiger partial charge >= 0.3 is 5.97 Å². The lowest BCUT2D eigenvalue weighted by Gasteiger charge is -2.07. The minimum Gasteiger partial charge on any atom is -0.476 e. The first kappa shape index (κ1) is 22.2. The van der Waals surface area contributed by atoms with E-state index in [-0.39, 0.29) is 11.6 Å². The van der Waals surface area contributed by atoms with Gasteiger partial charge in [-0.2, -0.15) is 0 Å². The van der Waals surface area contributed by atoms with Crippen LogP contribution in [0.2, 0.25) is 10.0 Å².